The number of hydrogen-bond acceptors (Lipinski definition) is 3. The lowest BCUT2D eigenvalue weighted by molar-refractivity contribution is -0.129. The Bertz CT molecular complexity index is 864. The summed E-state index contributed by atoms with van der Waals surface area (Å²) in [6, 6.07) is 11.6. The van der Waals surface area contributed by atoms with E-state index in [1.54, 1.807) is 13.1 Å². The van der Waals surface area contributed by atoms with E-state index in [-0.39, 0.29) is 18.4 Å². The molecule has 0 aliphatic carbocycles. The summed E-state index contributed by atoms with van der Waals surface area (Å²) in [5.74, 6) is 0.243. The monoisotopic (exact) mass is 380 g/mol. The Kier molecular flexibility index (Phi) is 7.38. The minimum absolute atomic E-state index is 0.0248. The molecule has 0 saturated carbocycles. The lowest BCUT2D eigenvalue weighted by Gasteiger charge is -2.17. The number of anilines is 1. The van der Waals surface area contributed by atoms with E-state index in [1.807, 2.05) is 64.1 Å². The molecule has 0 fully saturated rings. The van der Waals surface area contributed by atoms with E-state index in [1.165, 1.54) is 11.0 Å². The fourth-order valence-electron chi connectivity index (χ4n) is 3.04. The van der Waals surface area contributed by atoms with Crippen LogP contribution in [0.1, 0.15) is 29.2 Å². The fourth-order valence-corrected chi connectivity index (χ4v) is 3.04. The van der Waals surface area contributed by atoms with Gasteiger partial charge in [-0.25, -0.2) is 0 Å². The number of likely N-dealkylation sites (N-methyl/N-ethyl adjacent to an activating group) is 1. The van der Waals surface area contributed by atoms with E-state index in [2.05, 4.69) is 5.32 Å². The number of carbonyl (C=O) groups is 2. The van der Waals surface area contributed by atoms with Gasteiger partial charge in [0.2, 0.25) is 11.8 Å². The molecule has 0 bridgehead atoms. The van der Waals surface area contributed by atoms with Crippen LogP contribution in [0.5, 0.6) is 5.75 Å². The van der Waals surface area contributed by atoms with Gasteiger partial charge in [-0.2, -0.15) is 0 Å². The molecule has 0 atom stereocenters. The highest BCUT2D eigenvalue weighted by Crippen LogP contribution is 2.22. The number of amides is 2. The van der Waals surface area contributed by atoms with Crippen molar-refractivity contribution in [2.45, 2.75) is 27.7 Å². The van der Waals surface area contributed by atoms with Crippen LogP contribution in [0.2, 0.25) is 0 Å². The number of hydrogen-bond donors (Lipinski definition) is 1. The minimum atomic E-state index is -0.251. The SMILES string of the molecule is CCOc1ccccc1C=CC(=O)N(C)CC(=O)Nc1c(C)cc(C)cc1C. The number of carbonyl (C=O) groups excluding carboxylic acids is 2. The number of ether oxygens (including phenoxy) is 1. The summed E-state index contributed by atoms with van der Waals surface area (Å²) in [6.07, 6.45) is 3.16. The maximum atomic E-state index is 12.4. The first-order valence-corrected chi connectivity index (χ1v) is 9.34. The molecule has 2 aromatic rings. The van der Waals surface area contributed by atoms with E-state index in [9.17, 15) is 9.59 Å². The van der Waals surface area contributed by atoms with Crippen molar-refractivity contribution < 1.29 is 14.3 Å². The van der Waals surface area contributed by atoms with Crippen molar-refractivity contribution in [3.63, 3.8) is 0 Å². The van der Waals surface area contributed by atoms with Crippen molar-refractivity contribution in [3.05, 3.63) is 64.7 Å². The quantitative estimate of drug-likeness (QED) is 0.735. The molecule has 5 nitrogen and oxygen atoms in total. The third-order valence-corrected chi connectivity index (χ3v) is 4.32. The van der Waals surface area contributed by atoms with E-state index in [0.717, 1.165) is 33.7 Å². The van der Waals surface area contributed by atoms with Crippen LogP contribution >= 0.6 is 0 Å². The normalized spacial score (nSPS) is 10.8. The summed E-state index contributed by atoms with van der Waals surface area (Å²) < 4.78 is 5.55. The average molecular weight is 380 g/mol. The molecular weight excluding hydrogens is 352 g/mol. The minimum Gasteiger partial charge on any atom is -0.493 e. The second kappa shape index (κ2) is 9.74. The molecule has 0 aliphatic rings. The largest absolute Gasteiger partial charge is 0.493 e. The predicted octanol–water partition coefficient (Wildman–Crippen LogP) is 4.12. The van der Waals surface area contributed by atoms with E-state index >= 15 is 0 Å². The lowest BCUT2D eigenvalue weighted by Crippen LogP contribution is -2.34. The Labute approximate surface area is 167 Å². The molecule has 148 valence electrons. The van der Waals surface area contributed by atoms with Crippen LogP contribution in [0.3, 0.4) is 0 Å². The van der Waals surface area contributed by atoms with Gasteiger partial charge in [-0.1, -0.05) is 35.9 Å². The smallest absolute Gasteiger partial charge is 0.246 e. The number of benzene rings is 2. The van der Waals surface area contributed by atoms with Crippen molar-refractivity contribution in [1.29, 1.82) is 0 Å². The fraction of sp³-hybridized carbons (Fsp3) is 0.304. The van der Waals surface area contributed by atoms with Gasteiger partial charge in [0.1, 0.15) is 5.75 Å². The molecule has 2 amide bonds. The van der Waals surface area contributed by atoms with Gasteiger partial charge in [0, 0.05) is 24.4 Å². The molecule has 2 aromatic carbocycles. The molecule has 0 radical (unpaired) electrons. The van der Waals surface area contributed by atoms with Gasteiger partial charge in [0.05, 0.1) is 13.2 Å². The maximum Gasteiger partial charge on any atom is 0.246 e. The Balaban J connectivity index is 2.00. The third kappa shape index (κ3) is 5.71. The Morgan fingerprint density at radius 3 is 2.39 bits per heavy atom. The highest BCUT2D eigenvalue weighted by Gasteiger charge is 2.13. The highest BCUT2D eigenvalue weighted by molar-refractivity contribution is 5.98. The molecular formula is C23H28N2O3. The summed E-state index contributed by atoms with van der Waals surface area (Å²) in [5.41, 5.74) is 4.79. The molecule has 0 saturated heterocycles. The van der Waals surface area contributed by atoms with Crippen LogP contribution in [0.25, 0.3) is 6.08 Å². The average Bonchev–Trinajstić information content (AvgIpc) is 2.64. The first kappa shape index (κ1) is 21.2. The molecule has 1 N–H and O–H groups in total. The van der Waals surface area contributed by atoms with Crippen LogP contribution in [-0.4, -0.2) is 36.9 Å². The Morgan fingerprint density at radius 2 is 1.75 bits per heavy atom. The molecule has 0 aromatic heterocycles. The maximum absolute atomic E-state index is 12.4. The number of para-hydroxylation sites is 1. The number of nitrogens with one attached hydrogen (secondary N) is 1. The Morgan fingerprint density at radius 1 is 1.11 bits per heavy atom. The first-order valence-electron chi connectivity index (χ1n) is 9.34. The highest BCUT2D eigenvalue weighted by atomic mass is 16.5. The zero-order chi connectivity index (χ0) is 20.7. The van der Waals surface area contributed by atoms with Gasteiger partial charge >= 0.3 is 0 Å². The topological polar surface area (TPSA) is 58.6 Å². The third-order valence-electron chi connectivity index (χ3n) is 4.32. The van der Waals surface area contributed by atoms with Crippen molar-refractivity contribution in [1.82, 2.24) is 4.90 Å². The molecule has 2 rings (SSSR count). The summed E-state index contributed by atoms with van der Waals surface area (Å²) in [6.45, 7) is 8.38. The van der Waals surface area contributed by atoms with Crippen molar-refractivity contribution in [2.75, 3.05) is 25.5 Å². The number of nitrogens with zero attached hydrogens (tertiary/aromatic N) is 1. The standard InChI is InChI=1S/C23H28N2O3/c1-6-28-20-10-8-7-9-19(20)11-12-22(27)25(5)15-21(26)24-23-17(3)13-16(2)14-18(23)4/h7-14H,6,15H2,1-5H3,(H,24,26). The van der Waals surface area contributed by atoms with E-state index in [0.29, 0.717) is 6.61 Å². The van der Waals surface area contributed by atoms with Gasteiger partial charge in [-0.05, 0) is 51.0 Å². The van der Waals surface area contributed by atoms with E-state index < -0.39 is 0 Å². The second-order valence-electron chi connectivity index (χ2n) is 6.82. The number of aryl methyl sites for hydroxylation is 3. The molecule has 28 heavy (non-hydrogen) atoms. The molecule has 0 spiro atoms. The van der Waals surface area contributed by atoms with Crippen LogP contribution in [0, 0.1) is 20.8 Å². The van der Waals surface area contributed by atoms with Crippen LogP contribution in [0.4, 0.5) is 5.69 Å². The first-order chi connectivity index (χ1) is 13.3. The zero-order valence-corrected chi connectivity index (χ0v) is 17.2. The van der Waals surface area contributed by atoms with Gasteiger partial charge in [0.25, 0.3) is 0 Å². The van der Waals surface area contributed by atoms with Gasteiger partial charge in [-0.3, -0.25) is 9.59 Å². The van der Waals surface area contributed by atoms with Crippen LogP contribution < -0.4 is 10.1 Å². The summed E-state index contributed by atoms with van der Waals surface area (Å²) in [7, 11) is 1.61. The van der Waals surface area contributed by atoms with Gasteiger partial charge in [-0.15, -0.1) is 0 Å². The van der Waals surface area contributed by atoms with Crippen molar-refractivity contribution in [3.8, 4) is 5.75 Å². The zero-order valence-electron chi connectivity index (χ0n) is 17.2. The van der Waals surface area contributed by atoms with Crippen LogP contribution in [0.15, 0.2) is 42.5 Å². The van der Waals surface area contributed by atoms with Gasteiger partial charge in [0.15, 0.2) is 0 Å². The van der Waals surface area contributed by atoms with Crippen molar-refractivity contribution in [2.24, 2.45) is 0 Å². The molecule has 0 aliphatic heterocycles. The van der Waals surface area contributed by atoms with Crippen LogP contribution in [-0.2, 0) is 9.59 Å². The summed E-state index contributed by atoms with van der Waals surface area (Å²) >= 11 is 0. The van der Waals surface area contributed by atoms with Crippen molar-refractivity contribution >= 4 is 23.6 Å². The predicted molar refractivity (Wildman–Crippen MR) is 114 cm³/mol. The number of rotatable bonds is 7. The lowest BCUT2D eigenvalue weighted by atomic mass is 10.1. The molecule has 5 heteroatoms. The molecule has 0 unspecified atom stereocenters. The molecule has 0 heterocycles. The Hall–Kier alpha value is -3.08. The second-order valence-corrected chi connectivity index (χ2v) is 6.82. The summed E-state index contributed by atoms with van der Waals surface area (Å²) in [4.78, 5) is 26.1. The van der Waals surface area contributed by atoms with Gasteiger partial charge < -0.3 is 15.0 Å². The summed E-state index contributed by atoms with van der Waals surface area (Å²) in [5, 5.41) is 2.91. The van der Waals surface area contributed by atoms with E-state index in [4.69, 9.17) is 4.74 Å².